The molecule has 1 aromatic rings. The van der Waals surface area contributed by atoms with Crippen LogP contribution in [0.3, 0.4) is 0 Å². The number of urea groups is 1. The number of carbonyl (C=O) groups excluding carboxylic acids is 3. The fraction of sp³-hybridized carbons (Fsp3) is 0.438. The monoisotopic (exact) mass is 316 g/mol. The molecule has 2 N–H and O–H groups in total. The molecule has 2 saturated heterocycles. The second kappa shape index (κ2) is 5.57. The Balaban J connectivity index is 1.92. The van der Waals surface area contributed by atoms with E-state index in [1.807, 2.05) is 0 Å². The molecule has 3 rings (SSSR count). The molecule has 0 aromatic heterocycles. The first kappa shape index (κ1) is 15.3. The number of anilines is 1. The van der Waals surface area contributed by atoms with Crippen LogP contribution in [0.1, 0.15) is 23.2 Å². The number of benzene rings is 1. The zero-order valence-corrected chi connectivity index (χ0v) is 13.2. The number of amides is 4. The van der Waals surface area contributed by atoms with Crippen molar-refractivity contribution in [2.45, 2.75) is 24.9 Å². The molecule has 2 aliphatic heterocycles. The van der Waals surface area contributed by atoms with E-state index in [4.69, 9.17) is 5.73 Å². The summed E-state index contributed by atoms with van der Waals surface area (Å²) in [6.07, 6.45) is 1.68. The van der Waals surface area contributed by atoms with Crippen molar-refractivity contribution < 1.29 is 14.4 Å². The molecule has 0 radical (unpaired) electrons. The van der Waals surface area contributed by atoms with Gasteiger partial charge in [0.25, 0.3) is 5.91 Å². The lowest BCUT2D eigenvalue weighted by molar-refractivity contribution is -0.119. The Bertz CT molecular complexity index is 656. The SMILES string of the molecule is CN(C)C(=O)c1ccc(N2C(=O)N3CCC[C@@H]3C2C(N)=O)cc1. The van der Waals surface area contributed by atoms with Gasteiger partial charge in [0.1, 0.15) is 6.04 Å². The summed E-state index contributed by atoms with van der Waals surface area (Å²) in [5.41, 5.74) is 6.66. The van der Waals surface area contributed by atoms with Crippen molar-refractivity contribution in [1.29, 1.82) is 0 Å². The van der Waals surface area contributed by atoms with Crippen LogP contribution < -0.4 is 10.6 Å². The number of nitrogens with zero attached hydrogens (tertiary/aromatic N) is 3. The molecule has 2 fully saturated rings. The summed E-state index contributed by atoms with van der Waals surface area (Å²) >= 11 is 0. The number of fused-ring (bicyclic) bond motifs is 1. The summed E-state index contributed by atoms with van der Waals surface area (Å²) in [6.45, 7) is 0.654. The molecule has 122 valence electrons. The Morgan fingerprint density at radius 1 is 1.22 bits per heavy atom. The first-order valence-electron chi connectivity index (χ1n) is 7.62. The maximum absolute atomic E-state index is 12.6. The highest BCUT2D eigenvalue weighted by Gasteiger charge is 2.51. The lowest BCUT2D eigenvalue weighted by Crippen LogP contribution is -2.46. The van der Waals surface area contributed by atoms with Crippen molar-refractivity contribution in [3.05, 3.63) is 29.8 Å². The molecular formula is C16H20N4O3. The Morgan fingerprint density at radius 3 is 2.43 bits per heavy atom. The van der Waals surface area contributed by atoms with Gasteiger partial charge in [0.05, 0.1) is 6.04 Å². The third kappa shape index (κ3) is 2.42. The quantitative estimate of drug-likeness (QED) is 0.888. The minimum atomic E-state index is -0.652. The van der Waals surface area contributed by atoms with Crippen molar-refractivity contribution in [2.24, 2.45) is 5.73 Å². The number of carbonyl (C=O) groups is 3. The van der Waals surface area contributed by atoms with Crippen LogP contribution in [-0.4, -0.2) is 60.4 Å². The highest BCUT2D eigenvalue weighted by atomic mass is 16.2. The number of hydrogen-bond donors (Lipinski definition) is 1. The van der Waals surface area contributed by atoms with E-state index in [2.05, 4.69) is 0 Å². The van der Waals surface area contributed by atoms with E-state index < -0.39 is 11.9 Å². The average Bonchev–Trinajstić information content (AvgIpc) is 3.08. The van der Waals surface area contributed by atoms with Crippen LogP contribution in [0.25, 0.3) is 0 Å². The molecule has 2 heterocycles. The first-order valence-corrected chi connectivity index (χ1v) is 7.62. The molecule has 1 aromatic carbocycles. The van der Waals surface area contributed by atoms with Crippen LogP contribution in [0.4, 0.5) is 10.5 Å². The van der Waals surface area contributed by atoms with E-state index in [0.717, 1.165) is 12.8 Å². The fourth-order valence-electron chi connectivity index (χ4n) is 3.40. The van der Waals surface area contributed by atoms with Crippen molar-refractivity contribution in [3.8, 4) is 0 Å². The Kier molecular flexibility index (Phi) is 3.71. The molecule has 0 bridgehead atoms. The Labute approximate surface area is 134 Å². The summed E-state index contributed by atoms with van der Waals surface area (Å²) < 4.78 is 0. The van der Waals surface area contributed by atoms with Gasteiger partial charge in [-0.25, -0.2) is 4.79 Å². The lowest BCUT2D eigenvalue weighted by atomic mass is 10.0. The zero-order valence-electron chi connectivity index (χ0n) is 13.2. The average molecular weight is 316 g/mol. The van der Waals surface area contributed by atoms with Crippen molar-refractivity contribution >= 4 is 23.5 Å². The standard InChI is InChI=1S/C16H20N4O3/c1-18(2)15(22)10-5-7-11(8-6-10)20-13(14(17)21)12-4-3-9-19(12)16(20)23/h5-8,12-13H,3-4,9H2,1-2H3,(H2,17,21)/t12-,13?/m1/s1. The second-order valence-electron chi connectivity index (χ2n) is 6.15. The van der Waals surface area contributed by atoms with Gasteiger partial charge in [0.15, 0.2) is 0 Å². The van der Waals surface area contributed by atoms with Gasteiger partial charge in [-0.1, -0.05) is 0 Å². The molecule has 2 atom stereocenters. The summed E-state index contributed by atoms with van der Waals surface area (Å²) in [7, 11) is 3.36. The van der Waals surface area contributed by atoms with Crippen molar-refractivity contribution in [1.82, 2.24) is 9.80 Å². The van der Waals surface area contributed by atoms with Crippen molar-refractivity contribution in [3.63, 3.8) is 0 Å². The maximum Gasteiger partial charge on any atom is 0.325 e. The third-order valence-electron chi connectivity index (χ3n) is 4.48. The van der Waals surface area contributed by atoms with Crippen LogP contribution in [0.2, 0.25) is 0 Å². The van der Waals surface area contributed by atoms with Crippen LogP contribution >= 0.6 is 0 Å². The van der Waals surface area contributed by atoms with E-state index in [0.29, 0.717) is 17.8 Å². The van der Waals surface area contributed by atoms with Gasteiger partial charge in [0.2, 0.25) is 5.91 Å². The van der Waals surface area contributed by atoms with Gasteiger partial charge < -0.3 is 15.5 Å². The Morgan fingerprint density at radius 2 is 1.87 bits per heavy atom. The molecule has 2 aliphatic rings. The third-order valence-corrected chi connectivity index (χ3v) is 4.48. The summed E-state index contributed by atoms with van der Waals surface area (Å²) in [5.74, 6) is -0.613. The molecule has 23 heavy (non-hydrogen) atoms. The van der Waals surface area contributed by atoms with Gasteiger partial charge >= 0.3 is 6.03 Å². The number of rotatable bonds is 3. The molecule has 4 amide bonds. The van der Waals surface area contributed by atoms with Gasteiger partial charge in [-0.3, -0.25) is 14.5 Å². The van der Waals surface area contributed by atoms with E-state index >= 15 is 0 Å². The van der Waals surface area contributed by atoms with E-state index in [-0.39, 0.29) is 18.0 Å². The predicted molar refractivity (Wildman–Crippen MR) is 85.0 cm³/mol. The first-order chi connectivity index (χ1) is 10.9. The highest BCUT2D eigenvalue weighted by Crippen LogP contribution is 2.35. The predicted octanol–water partition coefficient (Wildman–Crippen LogP) is 0.647. The van der Waals surface area contributed by atoms with Crippen LogP contribution in [0.15, 0.2) is 24.3 Å². The van der Waals surface area contributed by atoms with E-state index in [9.17, 15) is 14.4 Å². The van der Waals surface area contributed by atoms with Gasteiger partial charge in [-0.15, -0.1) is 0 Å². The molecule has 7 heteroatoms. The van der Waals surface area contributed by atoms with E-state index in [1.165, 1.54) is 9.80 Å². The number of nitrogens with two attached hydrogens (primary N) is 1. The molecule has 7 nitrogen and oxygen atoms in total. The molecule has 1 unspecified atom stereocenters. The topological polar surface area (TPSA) is 87.0 Å². The fourth-order valence-corrected chi connectivity index (χ4v) is 3.40. The van der Waals surface area contributed by atoms with Crippen LogP contribution in [0.5, 0.6) is 0 Å². The van der Waals surface area contributed by atoms with Crippen molar-refractivity contribution in [2.75, 3.05) is 25.5 Å². The highest BCUT2D eigenvalue weighted by molar-refractivity contribution is 6.04. The zero-order chi connectivity index (χ0) is 16.7. The van der Waals surface area contributed by atoms with Gasteiger partial charge in [-0.05, 0) is 37.1 Å². The van der Waals surface area contributed by atoms with E-state index in [1.54, 1.807) is 43.3 Å². The Hall–Kier alpha value is -2.57. The minimum absolute atomic E-state index is 0.114. The van der Waals surface area contributed by atoms with Crippen LogP contribution in [-0.2, 0) is 4.79 Å². The largest absolute Gasteiger partial charge is 0.368 e. The number of primary amides is 1. The molecular weight excluding hydrogens is 296 g/mol. The summed E-state index contributed by atoms with van der Waals surface area (Å²) in [4.78, 5) is 41.1. The number of hydrogen-bond acceptors (Lipinski definition) is 3. The smallest absolute Gasteiger partial charge is 0.325 e. The minimum Gasteiger partial charge on any atom is -0.368 e. The summed E-state index contributed by atoms with van der Waals surface area (Å²) in [6, 6.07) is 5.70. The molecule has 0 aliphatic carbocycles. The van der Waals surface area contributed by atoms with Gasteiger partial charge in [-0.2, -0.15) is 0 Å². The van der Waals surface area contributed by atoms with Crippen LogP contribution in [0, 0.1) is 0 Å². The van der Waals surface area contributed by atoms with Gasteiger partial charge in [0, 0.05) is 31.9 Å². The summed E-state index contributed by atoms with van der Waals surface area (Å²) in [5, 5.41) is 0. The maximum atomic E-state index is 12.6. The lowest BCUT2D eigenvalue weighted by Gasteiger charge is -2.23. The molecule has 0 saturated carbocycles. The second-order valence-corrected chi connectivity index (χ2v) is 6.15. The normalized spacial score (nSPS) is 23.1. The molecule has 0 spiro atoms.